The van der Waals surface area contributed by atoms with E-state index < -0.39 is 15.1 Å². The van der Waals surface area contributed by atoms with Crippen LogP contribution in [0.3, 0.4) is 0 Å². The molecule has 150 valence electrons. The minimum Gasteiger partial charge on any atom is -0.460 e. The lowest BCUT2D eigenvalue weighted by Gasteiger charge is -2.24. The molecule has 0 radical (unpaired) electrons. The zero-order valence-corrected chi connectivity index (χ0v) is 17.1. The summed E-state index contributed by atoms with van der Waals surface area (Å²) in [5, 5.41) is 9.67. The standard InChI is InChI=1S/C16H34O8Si/c1-6-14(2)22-10-7-9-15(17)24-13-16(18)23-11-8-12-25(19-3,20-4)21-5/h14,16,18H,6-13H2,1-5H3. The van der Waals surface area contributed by atoms with Crippen molar-refractivity contribution in [2.24, 2.45) is 0 Å². The fourth-order valence-electron chi connectivity index (χ4n) is 1.97. The molecular formula is C16H34O8Si. The average molecular weight is 383 g/mol. The van der Waals surface area contributed by atoms with Crippen molar-refractivity contribution in [3.05, 3.63) is 0 Å². The van der Waals surface area contributed by atoms with Crippen LogP contribution in [-0.2, 0) is 32.3 Å². The molecule has 2 atom stereocenters. The van der Waals surface area contributed by atoms with Crippen LogP contribution < -0.4 is 0 Å². The lowest BCUT2D eigenvalue weighted by Crippen LogP contribution is -2.42. The van der Waals surface area contributed by atoms with E-state index in [1.165, 1.54) is 0 Å². The van der Waals surface area contributed by atoms with Crippen molar-refractivity contribution in [2.75, 3.05) is 41.2 Å². The highest BCUT2D eigenvalue weighted by Gasteiger charge is 2.36. The molecule has 0 aromatic rings. The first kappa shape index (κ1) is 24.4. The molecule has 0 spiro atoms. The molecule has 0 bridgehead atoms. The molecule has 9 heteroatoms. The average Bonchev–Trinajstić information content (AvgIpc) is 2.64. The molecule has 0 aliphatic rings. The van der Waals surface area contributed by atoms with Gasteiger partial charge in [-0.2, -0.15) is 0 Å². The Bertz CT molecular complexity index is 330. The van der Waals surface area contributed by atoms with Crippen LogP contribution in [-0.4, -0.2) is 73.4 Å². The van der Waals surface area contributed by atoms with Crippen molar-refractivity contribution in [2.45, 2.75) is 58.0 Å². The second-order valence-corrected chi connectivity index (χ2v) is 8.69. The molecule has 8 nitrogen and oxygen atoms in total. The Kier molecular flexibility index (Phi) is 14.3. The lowest BCUT2D eigenvalue weighted by molar-refractivity contribution is -0.166. The molecule has 0 fully saturated rings. The van der Waals surface area contributed by atoms with Gasteiger partial charge in [0.15, 0.2) is 6.29 Å². The van der Waals surface area contributed by atoms with Crippen LogP contribution in [0.25, 0.3) is 0 Å². The molecule has 2 unspecified atom stereocenters. The number of aliphatic hydroxyl groups is 1. The molecule has 0 saturated carbocycles. The summed E-state index contributed by atoms with van der Waals surface area (Å²) in [7, 11) is 2.02. The van der Waals surface area contributed by atoms with E-state index in [0.717, 1.165) is 6.42 Å². The maximum atomic E-state index is 11.6. The first-order chi connectivity index (χ1) is 11.9. The Hall–Kier alpha value is -0.553. The van der Waals surface area contributed by atoms with Crippen LogP contribution in [0.5, 0.6) is 0 Å². The maximum Gasteiger partial charge on any atom is 0.500 e. The predicted octanol–water partition coefficient (Wildman–Crippen LogP) is 1.73. The second kappa shape index (κ2) is 14.6. The fraction of sp³-hybridized carbons (Fsp3) is 0.938. The van der Waals surface area contributed by atoms with E-state index in [1.807, 2.05) is 13.8 Å². The molecule has 0 amide bonds. The van der Waals surface area contributed by atoms with Gasteiger partial charge in [-0.05, 0) is 26.2 Å². The number of rotatable bonds is 16. The van der Waals surface area contributed by atoms with Gasteiger partial charge in [-0.1, -0.05) is 6.92 Å². The van der Waals surface area contributed by atoms with Crippen LogP contribution in [0, 0.1) is 0 Å². The number of ether oxygens (including phenoxy) is 3. The lowest BCUT2D eigenvalue weighted by atomic mass is 10.3. The molecular weight excluding hydrogens is 348 g/mol. The number of hydrogen-bond acceptors (Lipinski definition) is 8. The third kappa shape index (κ3) is 11.6. The van der Waals surface area contributed by atoms with Crippen LogP contribution in [0.15, 0.2) is 0 Å². The summed E-state index contributed by atoms with van der Waals surface area (Å²) in [4.78, 5) is 11.6. The van der Waals surface area contributed by atoms with Gasteiger partial charge in [0, 0.05) is 47.0 Å². The predicted molar refractivity (Wildman–Crippen MR) is 94.1 cm³/mol. The third-order valence-corrected chi connectivity index (χ3v) is 6.59. The zero-order valence-electron chi connectivity index (χ0n) is 16.1. The number of esters is 1. The molecule has 0 aliphatic carbocycles. The number of hydrogen-bond donors (Lipinski definition) is 1. The van der Waals surface area contributed by atoms with Crippen molar-refractivity contribution < 1.29 is 37.4 Å². The highest BCUT2D eigenvalue weighted by molar-refractivity contribution is 6.60. The summed E-state index contributed by atoms with van der Waals surface area (Å²) in [5.74, 6) is -0.375. The smallest absolute Gasteiger partial charge is 0.460 e. The molecule has 1 N–H and O–H groups in total. The number of aliphatic hydroxyl groups excluding tert-OH is 1. The third-order valence-electron chi connectivity index (χ3n) is 3.76. The van der Waals surface area contributed by atoms with Crippen LogP contribution in [0.1, 0.15) is 39.5 Å². The topological polar surface area (TPSA) is 92.7 Å². The maximum absolute atomic E-state index is 11.6. The van der Waals surface area contributed by atoms with Gasteiger partial charge in [0.2, 0.25) is 0 Å². The quantitative estimate of drug-likeness (QED) is 0.187. The second-order valence-electron chi connectivity index (χ2n) is 5.60. The van der Waals surface area contributed by atoms with Gasteiger partial charge in [0.05, 0.1) is 6.10 Å². The summed E-state index contributed by atoms with van der Waals surface area (Å²) in [5.41, 5.74) is 0. The monoisotopic (exact) mass is 382 g/mol. The molecule has 0 saturated heterocycles. The van der Waals surface area contributed by atoms with Crippen molar-refractivity contribution in [3.8, 4) is 0 Å². The summed E-state index contributed by atoms with van der Waals surface area (Å²) < 4.78 is 31.5. The van der Waals surface area contributed by atoms with Crippen LogP contribution >= 0.6 is 0 Å². The summed E-state index contributed by atoms with van der Waals surface area (Å²) in [6, 6.07) is 0.569. The Balaban J connectivity index is 3.72. The van der Waals surface area contributed by atoms with Gasteiger partial charge in [0.1, 0.15) is 6.61 Å². The van der Waals surface area contributed by atoms with Crippen LogP contribution in [0.2, 0.25) is 6.04 Å². The van der Waals surface area contributed by atoms with E-state index in [4.69, 9.17) is 27.5 Å². The van der Waals surface area contributed by atoms with E-state index in [0.29, 0.717) is 25.5 Å². The Morgan fingerprint density at radius 3 is 2.20 bits per heavy atom. The number of carbonyl (C=O) groups excluding carboxylic acids is 1. The SMILES string of the molecule is CCC(C)OCCCC(=O)OCC(O)OCCC[Si](OC)(OC)OC. The minimum atomic E-state index is -2.61. The first-order valence-electron chi connectivity index (χ1n) is 8.65. The van der Waals surface area contributed by atoms with E-state index in [9.17, 15) is 9.90 Å². The zero-order chi connectivity index (χ0) is 19.1. The van der Waals surface area contributed by atoms with E-state index in [1.54, 1.807) is 21.3 Å². The minimum absolute atomic E-state index is 0.188. The first-order valence-corrected chi connectivity index (χ1v) is 10.6. The molecule has 0 rings (SSSR count). The van der Waals surface area contributed by atoms with Crippen molar-refractivity contribution in [3.63, 3.8) is 0 Å². The van der Waals surface area contributed by atoms with Crippen molar-refractivity contribution in [1.29, 1.82) is 0 Å². The normalized spacial score (nSPS) is 14.3. The Morgan fingerprint density at radius 2 is 1.64 bits per heavy atom. The summed E-state index contributed by atoms with van der Waals surface area (Å²) >= 11 is 0. The molecule has 0 aromatic heterocycles. The molecule has 25 heavy (non-hydrogen) atoms. The van der Waals surface area contributed by atoms with Crippen LogP contribution in [0.4, 0.5) is 0 Å². The highest BCUT2D eigenvalue weighted by Crippen LogP contribution is 2.15. The molecule has 0 aromatic carbocycles. The largest absolute Gasteiger partial charge is 0.500 e. The Morgan fingerprint density at radius 1 is 1.04 bits per heavy atom. The van der Waals surface area contributed by atoms with Gasteiger partial charge in [-0.25, -0.2) is 0 Å². The fourth-order valence-corrected chi connectivity index (χ4v) is 3.66. The molecule has 0 heterocycles. The van der Waals surface area contributed by atoms with E-state index in [-0.39, 0.29) is 31.7 Å². The Labute approximate surface area is 152 Å². The molecule has 0 aliphatic heterocycles. The van der Waals surface area contributed by atoms with Crippen molar-refractivity contribution in [1.82, 2.24) is 0 Å². The summed E-state index contributed by atoms with van der Waals surface area (Å²) in [6.45, 7) is 4.65. The van der Waals surface area contributed by atoms with E-state index in [2.05, 4.69) is 0 Å². The van der Waals surface area contributed by atoms with Gasteiger partial charge < -0.3 is 32.6 Å². The van der Waals surface area contributed by atoms with Gasteiger partial charge >= 0.3 is 14.8 Å². The van der Waals surface area contributed by atoms with Gasteiger partial charge in [0.25, 0.3) is 0 Å². The number of carbonyl (C=O) groups is 1. The van der Waals surface area contributed by atoms with Crippen molar-refractivity contribution >= 4 is 14.8 Å². The van der Waals surface area contributed by atoms with E-state index >= 15 is 0 Å². The van der Waals surface area contributed by atoms with Gasteiger partial charge in [-0.3, -0.25) is 4.79 Å². The highest BCUT2D eigenvalue weighted by atomic mass is 28.4. The van der Waals surface area contributed by atoms with Gasteiger partial charge in [-0.15, -0.1) is 0 Å². The summed E-state index contributed by atoms with van der Waals surface area (Å²) in [6.07, 6.45) is 1.44.